The number of rotatable bonds is 5. The van der Waals surface area contributed by atoms with Gasteiger partial charge in [-0.1, -0.05) is 48.5 Å². The van der Waals surface area contributed by atoms with Crippen molar-refractivity contribution in [1.29, 1.82) is 0 Å². The minimum absolute atomic E-state index is 0. The van der Waals surface area contributed by atoms with Gasteiger partial charge in [0.15, 0.2) is 0 Å². The summed E-state index contributed by atoms with van der Waals surface area (Å²) in [6, 6.07) is 15.9. The van der Waals surface area contributed by atoms with E-state index in [2.05, 4.69) is 38.4 Å². The summed E-state index contributed by atoms with van der Waals surface area (Å²) in [5, 5.41) is 0. The summed E-state index contributed by atoms with van der Waals surface area (Å²) < 4.78 is 40.1. The molecule has 0 atom stereocenters. The van der Waals surface area contributed by atoms with Crippen molar-refractivity contribution in [3.8, 4) is 0 Å². The summed E-state index contributed by atoms with van der Waals surface area (Å²) in [5.74, 6) is 0. The molecule has 3 rings (SSSR count). The van der Waals surface area contributed by atoms with E-state index in [-0.39, 0.29) is 48.0 Å². The first-order chi connectivity index (χ1) is 13.2. The van der Waals surface area contributed by atoms with Crippen molar-refractivity contribution in [3.63, 3.8) is 0 Å². The Morgan fingerprint density at radius 1 is 0.800 bits per heavy atom. The zero-order valence-electron chi connectivity index (χ0n) is 17.4. The van der Waals surface area contributed by atoms with Crippen LogP contribution in [-0.2, 0) is 12.7 Å². The van der Waals surface area contributed by atoms with Gasteiger partial charge in [0.05, 0.1) is 26.2 Å². The van der Waals surface area contributed by atoms with Gasteiger partial charge < -0.3 is 56.9 Å². The summed E-state index contributed by atoms with van der Waals surface area (Å²) >= 11 is 0. The fourth-order valence-electron chi connectivity index (χ4n) is 3.78. The summed E-state index contributed by atoms with van der Waals surface area (Å²) in [7, 11) is 4.50. The number of hydrogen-bond acceptors (Lipinski definition) is 0. The molecule has 1 aliphatic rings. The van der Waals surface area contributed by atoms with E-state index in [1.807, 2.05) is 18.2 Å². The largest absolute Gasteiger partial charge is 1.00 e. The number of hydrogen-bond donors (Lipinski definition) is 0. The normalized spacial score (nSPS) is 24.2. The molecule has 2 aromatic rings. The molecule has 0 amide bonds. The molecule has 0 unspecified atom stereocenters. The Kier molecular flexibility index (Phi) is 10.3. The molecule has 166 valence electrons. The third-order valence-corrected chi connectivity index (χ3v) is 5.86. The molecule has 0 bridgehead atoms. The Morgan fingerprint density at radius 2 is 1.33 bits per heavy atom. The van der Waals surface area contributed by atoms with Gasteiger partial charge in [-0.15, -0.1) is 0 Å². The van der Waals surface area contributed by atoms with Crippen molar-refractivity contribution in [2.75, 3.05) is 46.8 Å². The molecular weight excluding hydrogens is 615 g/mol. The molecular formula is C23H29F3I2N2. The third-order valence-electron chi connectivity index (χ3n) is 5.86. The smallest absolute Gasteiger partial charge is 0.416 e. The molecule has 1 aliphatic heterocycles. The summed E-state index contributed by atoms with van der Waals surface area (Å²) in [6.45, 7) is 5.95. The van der Waals surface area contributed by atoms with Gasteiger partial charge in [0.25, 0.3) is 0 Å². The van der Waals surface area contributed by atoms with Gasteiger partial charge in [0.1, 0.15) is 32.7 Å². The lowest BCUT2D eigenvalue weighted by atomic mass is 10.1. The quantitative estimate of drug-likeness (QED) is 0.285. The first kappa shape index (κ1) is 27.4. The SMILES string of the molecule is C[N+]1(C/C=C/c2ccccc2)CC[N+](C)(Cc2ccc(C(F)(F)F)cc2)CC1.[I-].[I-]. The van der Waals surface area contributed by atoms with Crippen LogP contribution < -0.4 is 48.0 Å². The van der Waals surface area contributed by atoms with Crippen LogP contribution in [0.15, 0.2) is 60.7 Å². The van der Waals surface area contributed by atoms with Crippen LogP contribution in [0.4, 0.5) is 13.2 Å². The van der Waals surface area contributed by atoms with E-state index in [0.717, 1.165) is 53.8 Å². The van der Waals surface area contributed by atoms with Crippen LogP contribution in [-0.4, -0.2) is 55.8 Å². The monoisotopic (exact) mass is 644 g/mol. The maximum absolute atomic E-state index is 12.7. The molecule has 1 fully saturated rings. The number of likely N-dealkylation sites (N-methyl/N-ethyl adjacent to an activating group) is 2. The predicted octanol–water partition coefficient (Wildman–Crippen LogP) is -1.17. The van der Waals surface area contributed by atoms with E-state index >= 15 is 0 Å². The maximum Gasteiger partial charge on any atom is 0.416 e. The molecule has 0 saturated carbocycles. The molecule has 1 saturated heterocycles. The standard InChI is InChI=1S/C23H29F3N2.2HI/c1-27(14-6-9-20-7-4-3-5-8-20)15-17-28(2,18-16-27)19-21-10-12-22(13-11-21)23(24,25)26;;/h3-13H,14-19H2,1-2H3;2*1H/q+2;;/p-2/b9-6+;;. The average molecular weight is 644 g/mol. The zero-order valence-corrected chi connectivity index (χ0v) is 21.7. The molecule has 1 heterocycles. The first-order valence-corrected chi connectivity index (χ1v) is 9.72. The Balaban J connectivity index is 0.00000225. The van der Waals surface area contributed by atoms with Crippen LogP contribution >= 0.6 is 0 Å². The fourth-order valence-corrected chi connectivity index (χ4v) is 3.78. The van der Waals surface area contributed by atoms with Gasteiger partial charge in [0.2, 0.25) is 0 Å². The van der Waals surface area contributed by atoms with Gasteiger partial charge in [0, 0.05) is 5.56 Å². The van der Waals surface area contributed by atoms with Crippen molar-refractivity contribution in [2.24, 2.45) is 0 Å². The Hall–Kier alpha value is -0.650. The number of alkyl halides is 3. The van der Waals surface area contributed by atoms with Gasteiger partial charge in [-0.25, -0.2) is 0 Å². The Morgan fingerprint density at radius 3 is 1.87 bits per heavy atom. The van der Waals surface area contributed by atoms with E-state index < -0.39 is 11.7 Å². The van der Waals surface area contributed by atoms with Crippen LogP contribution in [0.3, 0.4) is 0 Å². The molecule has 2 aromatic carbocycles. The van der Waals surface area contributed by atoms with Crippen LogP contribution in [0, 0.1) is 0 Å². The van der Waals surface area contributed by atoms with Crippen LogP contribution in [0.25, 0.3) is 6.08 Å². The number of halogens is 5. The van der Waals surface area contributed by atoms with Crippen LogP contribution in [0.2, 0.25) is 0 Å². The predicted molar refractivity (Wildman–Crippen MR) is 107 cm³/mol. The van der Waals surface area contributed by atoms with Gasteiger partial charge in [-0.2, -0.15) is 13.2 Å². The first-order valence-electron chi connectivity index (χ1n) is 9.72. The highest BCUT2D eigenvalue weighted by atomic mass is 127. The zero-order chi connectivity index (χ0) is 20.3. The number of nitrogens with zero attached hydrogens (tertiary/aromatic N) is 2. The molecule has 0 aliphatic carbocycles. The van der Waals surface area contributed by atoms with Gasteiger partial charge in [-0.3, -0.25) is 0 Å². The lowest BCUT2D eigenvalue weighted by Crippen LogP contribution is -3.00. The summed E-state index contributed by atoms with van der Waals surface area (Å²) in [4.78, 5) is 0. The molecule has 30 heavy (non-hydrogen) atoms. The Bertz CT molecular complexity index is 797. The Labute approximate surface area is 212 Å². The fraction of sp³-hybridized carbons (Fsp3) is 0.391. The molecule has 7 heteroatoms. The lowest BCUT2D eigenvalue weighted by Gasteiger charge is -2.46. The topological polar surface area (TPSA) is 0 Å². The average Bonchev–Trinajstić information content (AvgIpc) is 2.65. The van der Waals surface area contributed by atoms with E-state index in [9.17, 15) is 13.2 Å². The van der Waals surface area contributed by atoms with Crippen LogP contribution in [0.1, 0.15) is 16.7 Å². The van der Waals surface area contributed by atoms with Crippen LogP contribution in [0.5, 0.6) is 0 Å². The third kappa shape index (κ3) is 7.80. The lowest BCUT2D eigenvalue weighted by molar-refractivity contribution is -1.02. The number of piperazine rings is 1. The molecule has 2 nitrogen and oxygen atoms in total. The molecule has 0 aromatic heterocycles. The highest BCUT2D eigenvalue weighted by molar-refractivity contribution is 5.48. The number of quaternary nitrogens is 2. The molecule has 0 spiro atoms. The summed E-state index contributed by atoms with van der Waals surface area (Å²) in [5.41, 5.74) is 1.61. The van der Waals surface area contributed by atoms with E-state index in [0.29, 0.717) is 0 Å². The van der Waals surface area contributed by atoms with Crippen molar-refractivity contribution in [3.05, 3.63) is 77.4 Å². The second-order valence-corrected chi connectivity index (χ2v) is 8.48. The van der Waals surface area contributed by atoms with Crippen molar-refractivity contribution in [1.82, 2.24) is 0 Å². The van der Waals surface area contributed by atoms with Crippen molar-refractivity contribution in [2.45, 2.75) is 12.7 Å². The molecule has 0 N–H and O–H groups in total. The van der Waals surface area contributed by atoms with E-state index in [1.54, 1.807) is 12.1 Å². The maximum atomic E-state index is 12.7. The van der Waals surface area contributed by atoms with E-state index in [4.69, 9.17) is 0 Å². The summed E-state index contributed by atoms with van der Waals surface area (Å²) in [6.07, 6.45) is 0.157. The minimum atomic E-state index is -4.27. The highest BCUT2D eigenvalue weighted by Gasteiger charge is 2.36. The van der Waals surface area contributed by atoms with Gasteiger partial charge in [-0.05, 0) is 23.8 Å². The second-order valence-electron chi connectivity index (χ2n) is 8.48. The minimum Gasteiger partial charge on any atom is -1.00 e. The van der Waals surface area contributed by atoms with E-state index in [1.165, 1.54) is 17.7 Å². The van der Waals surface area contributed by atoms with Crippen molar-refractivity contribution < 1.29 is 70.1 Å². The van der Waals surface area contributed by atoms with Crippen molar-refractivity contribution >= 4 is 6.08 Å². The second kappa shape index (κ2) is 11.3. The molecule has 0 radical (unpaired) electrons. The highest BCUT2D eigenvalue weighted by Crippen LogP contribution is 2.29. The van der Waals surface area contributed by atoms with Gasteiger partial charge >= 0.3 is 6.18 Å². The number of benzene rings is 2.